The van der Waals surface area contributed by atoms with E-state index in [1.165, 1.54) is 19.0 Å². The maximum Gasteiger partial charge on any atom is 0.0622 e. The maximum atomic E-state index is 2.37. The fraction of sp³-hybridized carbons (Fsp3) is 1.00. The Bertz CT molecular complexity index is 48.2. The van der Waals surface area contributed by atoms with Crippen LogP contribution in [0.4, 0.5) is 0 Å². The SMILES string of the molecule is CCC[PH2+]C(C)CC.[I-]. The molecule has 0 heterocycles. The van der Waals surface area contributed by atoms with E-state index in [2.05, 4.69) is 20.8 Å². The van der Waals surface area contributed by atoms with Crippen molar-refractivity contribution in [3.8, 4) is 0 Å². The molecule has 0 aromatic rings. The molecule has 0 bridgehead atoms. The number of halogens is 1. The molecule has 0 fully saturated rings. The summed E-state index contributed by atoms with van der Waals surface area (Å²) in [7, 11) is 0.771. The molecule has 2 unspecified atom stereocenters. The zero-order valence-corrected chi connectivity index (χ0v) is 9.97. The predicted molar refractivity (Wildman–Crippen MR) is 44.6 cm³/mol. The van der Waals surface area contributed by atoms with Crippen LogP contribution in [0.1, 0.15) is 33.6 Å². The van der Waals surface area contributed by atoms with Crippen molar-refractivity contribution in [1.82, 2.24) is 0 Å². The van der Waals surface area contributed by atoms with Gasteiger partial charge in [-0.1, -0.05) is 13.8 Å². The second-order valence-electron chi connectivity index (χ2n) is 2.41. The quantitative estimate of drug-likeness (QED) is 0.477. The van der Waals surface area contributed by atoms with Crippen molar-refractivity contribution in [2.24, 2.45) is 0 Å². The Morgan fingerprint density at radius 1 is 1.33 bits per heavy atom. The molecule has 0 nitrogen and oxygen atoms in total. The summed E-state index contributed by atoms with van der Waals surface area (Å²) in [5, 5.41) is 0. The van der Waals surface area contributed by atoms with Gasteiger partial charge in [0, 0.05) is 0 Å². The first kappa shape index (κ1) is 12.8. The average Bonchev–Trinajstić information content (AvgIpc) is 1.83. The lowest BCUT2D eigenvalue weighted by atomic mass is 10.4. The summed E-state index contributed by atoms with van der Waals surface area (Å²) < 4.78 is 0. The molecule has 0 aliphatic rings. The third-order valence-electron chi connectivity index (χ3n) is 1.50. The first-order valence-corrected chi connectivity index (χ1v) is 5.12. The van der Waals surface area contributed by atoms with Crippen molar-refractivity contribution < 1.29 is 24.0 Å². The molecular weight excluding hydrogens is 242 g/mol. The first-order valence-electron chi connectivity index (χ1n) is 3.64. The van der Waals surface area contributed by atoms with Crippen LogP contribution in [-0.2, 0) is 0 Å². The summed E-state index contributed by atoms with van der Waals surface area (Å²) in [6.45, 7) is 6.92. The van der Waals surface area contributed by atoms with Crippen LogP contribution in [0.2, 0.25) is 0 Å². The van der Waals surface area contributed by atoms with E-state index in [0.717, 1.165) is 14.2 Å². The Kier molecular flexibility index (Phi) is 13.0. The molecule has 58 valence electrons. The van der Waals surface area contributed by atoms with Gasteiger partial charge in [-0.25, -0.2) is 0 Å². The highest BCUT2D eigenvalue weighted by molar-refractivity contribution is 7.38. The standard InChI is InChI=1S/C7H17P.HI/c1-4-6-8-7(3)5-2;/h7-8H,4-6H2,1-3H3;1H. The van der Waals surface area contributed by atoms with E-state index in [0.29, 0.717) is 0 Å². The monoisotopic (exact) mass is 260 g/mol. The fourth-order valence-electron chi connectivity index (χ4n) is 0.618. The average molecular weight is 260 g/mol. The fourth-order valence-corrected chi connectivity index (χ4v) is 1.85. The third-order valence-corrected chi connectivity index (χ3v) is 3.69. The molecule has 0 aliphatic carbocycles. The zero-order valence-electron chi connectivity index (χ0n) is 6.65. The Morgan fingerprint density at radius 2 is 1.89 bits per heavy atom. The van der Waals surface area contributed by atoms with Crippen LogP contribution in [0.5, 0.6) is 0 Å². The van der Waals surface area contributed by atoms with Crippen LogP contribution in [0.3, 0.4) is 0 Å². The summed E-state index contributed by atoms with van der Waals surface area (Å²) in [5.74, 6) is 0. The van der Waals surface area contributed by atoms with Crippen molar-refractivity contribution >= 4 is 8.58 Å². The van der Waals surface area contributed by atoms with Crippen molar-refractivity contribution in [2.45, 2.75) is 39.3 Å². The molecular formula is C7H18IP. The van der Waals surface area contributed by atoms with Crippen LogP contribution < -0.4 is 24.0 Å². The minimum absolute atomic E-state index is 0. The number of hydrogen-bond donors (Lipinski definition) is 0. The predicted octanol–water partition coefficient (Wildman–Crippen LogP) is -0.390. The number of rotatable bonds is 4. The minimum atomic E-state index is 0. The Labute approximate surface area is 78.0 Å². The highest BCUT2D eigenvalue weighted by Gasteiger charge is 2.01. The van der Waals surface area contributed by atoms with Gasteiger partial charge in [-0.05, 0) is 28.3 Å². The van der Waals surface area contributed by atoms with Crippen molar-refractivity contribution in [1.29, 1.82) is 0 Å². The Morgan fingerprint density at radius 3 is 2.22 bits per heavy atom. The van der Waals surface area contributed by atoms with Crippen LogP contribution in [0.25, 0.3) is 0 Å². The summed E-state index contributed by atoms with van der Waals surface area (Å²) >= 11 is 0. The van der Waals surface area contributed by atoms with E-state index in [4.69, 9.17) is 0 Å². The molecule has 9 heavy (non-hydrogen) atoms. The second kappa shape index (κ2) is 9.16. The lowest BCUT2D eigenvalue weighted by Gasteiger charge is -1.97. The van der Waals surface area contributed by atoms with Crippen molar-refractivity contribution in [3.63, 3.8) is 0 Å². The maximum absolute atomic E-state index is 2.37. The summed E-state index contributed by atoms with van der Waals surface area (Å²) in [6.07, 6.45) is 4.27. The van der Waals surface area contributed by atoms with Gasteiger partial charge in [0.05, 0.1) is 11.8 Å². The molecule has 2 heteroatoms. The number of hydrogen-bond acceptors (Lipinski definition) is 0. The molecule has 0 aromatic heterocycles. The highest BCUT2D eigenvalue weighted by atomic mass is 127. The molecule has 0 spiro atoms. The molecule has 0 radical (unpaired) electrons. The molecule has 2 atom stereocenters. The smallest absolute Gasteiger partial charge is 0.0622 e. The summed E-state index contributed by atoms with van der Waals surface area (Å²) in [5.41, 5.74) is 1.04. The topological polar surface area (TPSA) is 0 Å². The van der Waals surface area contributed by atoms with Gasteiger partial charge in [0.15, 0.2) is 0 Å². The van der Waals surface area contributed by atoms with E-state index in [1.54, 1.807) is 0 Å². The van der Waals surface area contributed by atoms with E-state index in [9.17, 15) is 0 Å². The van der Waals surface area contributed by atoms with E-state index >= 15 is 0 Å². The molecule has 0 aliphatic heterocycles. The van der Waals surface area contributed by atoms with Crippen molar-refractivity contribution in [2.75, 3.05) is 6.16 Å². The van der Waals surface area contributed by atoms with Gasteiger partial charge < -0.3 is 24.0 Å². The molecule has 0 saturated carbocycles. The Hall–Kier alpha value is 1.16. The van der Waals surface area contributed by atoms with Gasteiger partial charge in [0.2, 0.25) is 0 Å². The van der Waals surface area contributed by atoms with Gasteiger partial charge in [-0.3, -0.25) is 0 Å². The van der Waals surface area contributed by atoms with Crippen LogP contribution in [0.15, 0.2) is 0 Å². The third kappa shape index (κ3) is 9.16. The van der Waals surface area contributed by atoms with Gasteiger partial charge >= 0.3 is 0 Å². The lowest BCUT2D eigenvalue weighted by Crippen LogP contribution is -3.00. The molecule has 0 aromatic carbocycles. The Balaban J connectivity index is 0. The lowest BCUT2D eigenvalue weighted by molar-refractivity contribution is -0.00000186. The van der Waals surface area contributed by atoms with Gasteiger partial charge in [0.1, 0.15) is 0 Å². The largest absolute Gasteiger partial charge is 1.00 e. The normalized spacial score (nSPS) is 13.7. The van der Waals surface area contributed by atoms with Crippen molar-refractivity contribution in [3.05, 3.63) is 0 Å². The second-order valence-corrected chi connectivity index (χ2v) is 4.60. The van der Waals surface area contributed by atoms with E-state index in [-0.39, 0.29) is 24.0 Å². The van der Waals surface area contributed by atoms with Crippen LogP contribution >= 0.6 is 8.58 Å². The molecule has 0 rings (SSSR count). The molecule has 0 N–H and O–H groups in total. The van der Waals surface area contributed by atoms with E-state index < -0.39 is 0 Å². The van der Waals surface area contributed by atoms with Gasteiger partial charge in [0.25, 0.3) is 0 Å². The summed E-state index contributed by atoms with van der Waals surface area (Å²) in [4.78, 5) is 0. The zero-order chi connectivity index (χ0) is 6.41. The molecule has 0 saturated heterocycles. The minimum Gasteiger partial charge on any atom is -1.00 e. The van der Waals surface area contributed by atoms with Crippen LogP contribution in [-0.4, -0.2) is 11.8 Å². The van der Waals surface area contributed by atoms with Gasteiger partial charge in [-0.15, -0.1) is 0 Å². The molecule has 0 amide bonds. The summed E-state index contributed by atoms with van der Waals surface area (Å²) in [6, 6.07) is 0. The van der Waals surface area contributed by atoms with Crippen LogP contribution in [0, 0.1) is 0 Å². The van der Waals surface area contributed by atoms with E-state index in [1.807, 2.05) is 0 Å². The van der Waals surface area contributed by atoms with Gasteiger partial charge in [-0.2, -0.15) is 0 Å². The first-order chi connectivity index (χ1) is 3.81. The highest BCUT2D eigenvalue weighted by Crippen LogP contribution is 2.21.